The van der Waals surface area contributed by atoms with Gasteiger partial charge in [0.25, 0.3) is 0 Å². The van der Waals surface area contributed by atoms with Crippen molar-refractivity contribution in [1.29, 1.82) is 0 Å². The first-order valence-corrected chi connectivity index (χ1v) is 6.13. The first-order valence-electron chi connectivity index (χ1n) is 5.75. The molecule has 7 heteroatoms. The maximum absolute atomic E-state index is 5.87. The van der Waals surface area contributed by atoms with Gasteiger partial charge in [0.2, 0.25) is 5.28 Å². The van der Waals surface area contributed by atoms with E-state index in [9.17, 15) is 0 Å². The van der Waals surface area contributed by atoms with Gasteiger partial charge < -0.3 is 20.7 Å². The molecule has 1 aromatic rings. The average molecular weight is 274 g/mol. The fourth-order valence-electron chi connectivity index (χ4n) is 1.41. The van der Waals surface area contributed by atoms with Crippen molar-refractivity contribution in [2.24, 2.45) is 0 Å². The maximum atomic E-state index is 5.87. The summed E-state index contributed by atoms with van der Waals surface area (Å²) in [4.78, 5) is 10.2. The fraction of sp³-hybridized carbons (Fsp3) is 0.636. The van der Waals surface area contributed by atoms with Crippen LogP contribution in [-0.2, 0) is 4.74 Å². The van der Waals surface area contributed by atoms with Crippen molar-refractivity contribution < 1.29 is 4.74 Å². The normalized spacial score (nSPS) is 10.9. The molecular formula is C11H20ClN5O. The lowest BCUT2D eigenvalue weighted by molar-refractivity contribution is 0.163. The zero-order valence-corrected chi connectivity index (χ0v) is 11.8. The van der Waals surface area contributed by atoms with Crippen LogP contribution in [0.1, 0.15) is 5.69 Å². The van der Waals surface area contributed by atoms with Gasteiger partial charge in [0.1, 0.15) is 0 Å². The molecule has 102 valence electrons. The molecule has 0 aliphatic carbocycles. The number of nitrogen functional groups attached to an aromatic ring is 1. The summed E-state index contributed by atoms with van der Waals surface area (Å²) in [5, 5.41) is 3.36. The van der Waals surface area contributed by atoms with Crippen molar-refractivity contribution in [3.63, 3.8) is 0 Å². The largest absolute Gasteiger partial charge is 0.394 e. The molecule has 1 aromatic heterocycles. The number of halogens is 1. The topological polar surface area (TPSA) is 76.3 Å². The molecule has 0 amide bonds. The summed E-state index contributed by atoms with van der Waals surface area (Å²) in [6.07, 6.45) is 0. The van der Waals surface area contributed by atoms with E-state index in [1.807, 2.05) is 7.05 Å². The monoisotopic (exact) mass is 273 g/mol. The molecule has 0 radical (unpaired) electrons. The van der Waals surface area contributed by atoms with E-state index in [1.165, 1.54) is 0 Å². The van der Waals surface area contributed by atoms with E-state index in [0.717, 1.165) is 26.2 Å². The second-order valence-corrected chi connectivity index (χ2v) is 4.40. The minimum absolute atomic E-state index is 0.205. The second kappa shape index (κ2) is 7.35. The quantitative estimate of drug-likeness (QED) is 0.722. The van der Waals surface area contributed by atoms with Crippen molar-refractivity contribution in [2.45, 2.75) is 6.92 Å². The highest BCUT2D eigenvalue weighted by molar-refractivity contribution is 6.28. The van der Waals surface area contributed by atoms with Crippen LogP contribution in [0.5, 0.6) is 0 Å². The molecule has 1 heterocycles. The fourth-order valence-corrected chi connectivity index (χ4v) is 1.62. The number of hydrogen-bond acceptors (Lipinski definition) is 6. The second-order valence-electron chi connectivity index (χ2n) is 4.06. The minimum atomic E-state index is 0.205. The molecule has 18 heavy (non-hydrogen) atoms. The third kappa shape index (κ3) is 4.64. The van der Waals surface area contributed by atoms with Crippen LogP contribution in [0.2, 0.25) is 5.28 Å². The zero-order valence-electron chi connectivity index (χ0n) is 11.0. The molecule has 0 unspecified atom stereocenters. The molecule has 0 saturated heterocycles. The summed E-state index contributed by atoms with van der Waals surface area (Å²) >= 11 is 5.79. The molecule has 0 spiro atoms. The highest BCUT2D eigenvalue weighted by Gasteiger charge is 2.07. The average Bonchev–Trinajstić information content (AvgIpc) is 2.32. The smallest absolute Gasteiger partial charge is 0.224 e. The van der Waals surface area contributed by atoms with Crippen molar-refractivity contribution in [3.8, 4) is 0 Å². The summed E-state index contributed by atoms with van der Waals surface area (Å²) in [7, 11) is 3.72. The Morgan fingerprint density at radius 2 is 2.11 bits per heavy atom. The lowest BCUT2D eigenvalue weighted by Gasteiger charge is -2.17. The number of ether oxygens (including phenoxy) is 1. The molecule has 0 bridgehead atoms. The SMILES string of the molecule is COCCN(C)CCNc1nc(Cl)nc(C)c1N. The molecule has 0 atom stereocenters. The van der Waals surface area contributed by atoms with Gasteiger partial charge in [-0.3, -0.25) is 0 Å². The van der Waals surface area contributed by atoms with Gasteiger partial charge in [0.15, 0.2) is 5.82 Å². The molecule has 0 fully saturated rings. The van der Waals surface area contributed by atoms with Crippen molar-refractivity contribution in [2.75, 3.05) is 51.4 Å². The summed E-state index contributed by atoms with van der Waals surface area (Å²) < 4.78 is 5.01. The number of methoxy groups -OCH3 is 1. The summed E-state index contributed by atoms with van der Waals surface area (Å²) in [5.41, 5.74) is 7.09. The van der Waals surface area contributed by atoms with Gasteiger partial charge in [-0.25, -0.2) is 4.98 Å². The third-order valence-corrected chi connectivity index (χ3v) is 2.74. The first-order chi connectivity index (χ1) is 8.54. The number of hydrogen-bond donors (Lipinski definition) is 2. The zero-order chi connectivity index (χ0) is 13.5. The van der Waals surface area contributed by atoms with Crippen molar-refractivity contribution in [3.05, 3.63) is 11.0 Å². The predicted octanol–water partition coefficient (Wildman–Crippen LogP) is 1.01. The number of likely N-dealkylation sites (N-methyl/N-ethyl adjacent to an activating group) is 1. The van der Waals surface area contributed by atoms with E-state index >= 15 is 0 Å². The Hall–Kier alpha value is -1.11. The number of anilines is 2. The van der Waals surface area contributed by atoms with Gasteiger partial charge >= 0.3 is 0 Å². The van der Waals surface area contributed by atoms with Crippen LogP contribution in [-0.4, -0.2) is 55.3 Å². The maximum Gasteiger partial charge on any atom is 0.224 e. The van der Waals surface area contributed by atoms with E-state index < -0.39 is 0 Å². The Morgan fingerprint density at radius 1 is 1.39 bits per heavy atom. The van der Waals surface area contributed by atoms with E-state index in [2.05, 4.69) is 20.2 Å². The highest BCUT2D eigenvalue weighted by Crippen LogP contribution is 2.19. The lowest BCUT2D eigenvalue weighted by Crippen LogP contribution is -2.28. The van der Waals surface area contributed by atoms with Crippen LogP contribution in [0.15, 0.2) is 0 Å². The Bertz CT molecular complexity index is 388. The van der Waals surface area contributed by atoms with E-state index in [0.29, 0.717) is 17.2 Å². The van der Waals surface area contributed by atoms with Gasteiger partial charge in [-0.15, -0.1) is 0 Å². The van der Waals surface area contributed by atoms with Crippen LogP contribution >= 0.6 is 11.6 Å². The van der Waals surface area contributed by atoms with Gasteiger partial charge in [0, 0.05) is 26.7 Å². The lowest BCUT2D eigenvalue weighted by atomic mass is 10.3. The molecule has 0 aromatic carbocycles. The van der Waals surface area contributed by atoms with Crippen molar-refractivity contribution in [1.82, 2.24) is 14.9 Å². The van der Waals surface area contributed by atoms with Crippen molar-refractivity contribution >= 4 is 23.1 Å². The Labute approximate surface area is 112 Å². The molecule has 1 rings (SSSR count). The van der Waals surface area contributed by atoms with Crippen LogP contribution in [0.25, 0.3) is 0 Å². The first kappa shape index (κ1) is 14.9. The molecule has 0 saturated carbocycles. The number of nitrogens with zero attached hydrogens (tertiary/aromatic N) is 3. The highest BCUT2D eigenvalue weighted by atomic mass is 35.5. The number of aromatic nitrogens is 2. The van der Waals surface area contributed by atoms with E-state index in [4.69, 9.17) is 22.1 Å². The molecule has 0 aliphatic rings. The van der Waals surface area contributed by atoms with E-state index in [-0.39, 0.29) is 5.28 Å². The number of nitrogens with one attached hydrogen (secondary N) is 1. The van der Waals surface area contributed by atoms with Crippen LogP contribution in [0, 0.1) is 6.92 Å². The summed E-state index contributed by atoms with van der Waals surface area (Å²) in [6, 6.07) is 0. The number of aryl methyl sites for hydroxylation is 1. The predicted molar refractivity (Wildman–Crippen MR) is 74.1 cm³/mol. The van der Waals surface area contributed by atoms with E-state index in [1.54, 1.807) is 14.0 Å². The van der Waals surface area contributed by atoms with Gasteiger partial charge in [-0.2, -0.15) is 4.98 Å². The third-order valence-electron chi connectivity index (χ3n) is 2.57. The van der Waals surface area contributed by atoms with Gasteiger partial charge in [0.05, 0.1) is 18.0 Å². The molecular weight excluding hydrogens is 254 g/mol. The summed E-state index contributed by atoms with van der Waals surface area (Å²) in [6.45, 7) is 5.01. The van der Waals surface area contributed by atoms with Gasteiger partial charge in [-0.05, 0) is 25.6 Å². The Balaban J connectivity index is 2.44. The van der Waals surface area contributed by atoms with Crippen LogP contribution in [0.4, 0.5) is 11.5 Å². The molecule has 3 N–H and O–H groups in total. The standard InChI is InChI=1S/C11H20ClN5O/c1-8-9(13)10(16-11(12)15-8)14-4-5-17(2)6-7-18-3/h4-7,13H2,1-3H3,(H,14,15,16). The van der Waals surface area contributed by atoms with Gasteiger partial charge in [-0.1, -0.05) is 0 Å². The Kier molecular flexibility index (Phi) is 6.11. The number of rotatable bonds is 7. The van der Waals surface area contributed by atoms with Crippen LogP contribution in [0.3, 0.4) is 0 Å². The molecule has 6 nitrogen and oxygen atoms in total. The minimum Gasteiger partial charge on any atom is -0.394 e. The van der Waals surface area contributed by atoms with Crippen LogP contribution < -0.4 is 11.1 Å². The molecule has 0 aliphatic heterocycles. The summed E-state index contributed by atoms with van der Waals surface area (Å²) in [5.74, 6) is 0.590. The number of nitrogens with two attached hydrogens (primary N) is 1. The Morgan fingerprint density at radius 3 is 2.78 bits per heavy atom.